The smallest absolute Gasteiger partial charge is 0.127 e. The van der Waals surface area contributed by atoms with Crippen LogP contribution in [0.3, 0.4) is 0 Å². The summed E-state index contributed by atoms with van der Waals surface area (Å²) < 4.78 is 11.6. The number of likely N-dealkylation sites (tertiary alicyclic amines) is 1. The van der Waals surface area contributed by atoms with Crippen LogP contribution in [0.2, 0.25) is 0 Å². The summed E-state index contributed by atoms with van der Waals surface area (Å²) in [6.45, 7) is 6.83. The Hall–Kier alpha value is -1.75. The zero-order chi connectivity index (χ0) is 16.8. The third-order valence-corrected chi connectivity index (χ3v) is 4.61. The maximum atomic E-state index is 5.85. The first kappa shape index (κ1) is 19.6. The van der Waals surface area contributed by atoms with Gasteiger partial charge in [0.1, 0.15) is 23.9 Å². The van der Waals surface area contributed by atoms with Crippen molar-refractivity contribution in [3.05, 3.63) is 54.6 Å². The first-order valence-corrected chi connectivity index (χ1v) is 8.55. The van der Waals surface area contributed by atoms with Gasteiger partial charge in [-0.15, -0.1) is 12.4 Å². The molecule has 2 aromatic carbocycles. The molecule has 0 spiro atoms. The lowest BCUT2D eigenvalue weighted by molar-refractivity contribution is 0.219. The lowest BCUT2D eigenvalue weighted by atomic mass is 9.90. The van der Waals surface area contributed by atoms with Gasteiger partial charge in [0.25, 0.3) is 0 Å². The third kappa shape index (κ3) is 5.63. The van der Waals surface area contributed by atoms with Gasteiger partial charge in [0, 0.05) is 13.1 Å². The van der Waals surface area contributed by atoms with E-state index in [2.05, 4.69) is 11.8 Å². The largest absolute Gasteiger partial charge is 0.492 e. The fourth-order valence-corrected chi connectivity index (χ4v) is 3.00. The molecule has 2 aromatic rings. The molecule has 1 fully saturated rings. The first-order valence-electron chi connectivity index (χ1n) is 8.55. The molecule has 1 unspecified atom stereocenters. The third-order valence-electron chi connectivity index (χ3n) is 4.61. The zero-order valence-electron chi connectivity index (χ0n) is 14.7. The molecule has 4 nitrogen and oxygen atoms in total. The number of hydrogen-bond acceptors (Lipinski definition) is 4. The predicted octanol–water partition coefficient (Wildman–Crippen LogP) is 3.95. The van der Waals surface area contributed by atoms with E-state index < -0.39 is 0 Å². The van der Waals surface area contributed by atoms with Gasteiger partial charge in [-0.25, -0.2) is 0 Å². The summed E-state index contributed by atoms with van der Waals surface area (Å²) in [6, 6.07) is 17.5. The Morgan fingerprint density at radius 1 is 1.00 bits per heavy atom. The molecule has 0 saturated carbocycles. The molecule has 1 atom stereocenters. The molecule has 0 aliphatic carbocycles. The number of nitrogens with two attached hydrogens (primary N) is 1. The number of halogens is 1. The lowest BCUT2D eigenvalue weighted by Crippen LogP contribution is -2.33. The van der Waals surface area contributed by atoms with E-state index >= 15 is 0 Å². The second-order valence-corrected chi connectivity index (χ2v) is 6.78. The summed E-state index contributed by atoms with van der Waals surface area (Å²) in [5, 5.41) is 0. The summed E-state index contributed by atoms with van der Waals surface area (Å²) in [6.07, 6.45) is 1.18. The summed E-state index contributed by atoms with van der Waals surface area (Å²) in [7, 11) is 0. The van der Waals surface area contributed by atoms with E-state index in [0.717, 1.165) is 43.4 Å². The van der Waals surface area contributed by atoms with E-state index in [-0.39, 0.29) is 17.8 Å². The fourth-order valence-electron chi connectivity index (χ4n) is 3.00. The predicted molar refractivity (Wildman–Crippen MR) is 104 cm³/mol. The van der Waals surface area contributed by atoms with Crippen LogP contribution in [0.1, 0.15) is 13.3 Å². The minimum atomic E-state index is 0. The molecule has 3 rings (SSSR count). The molecule has 1 saturated heterocycles. The Morgan fingerprint density at radius 2 is 1.64 bits per heavy atom. The Kier molecular flexibility index (Phi) is 7.12. The van der Waals surface area contributed by atoms with Crippen molar-refractivity contribution >= 4 is 12.4 Å². The molecular weight excluding hydrogens is 336 g/mol. The van der Waals surface area contributed by atoms with Gasteiger partial charge in [0.05, 0.1) is 0 Å². The Bertz CT molecular complexity index is 636. The monoisotopic (exact) mass is 362 g/mol. The van der Waals surface area contributed by atoms with Crippen molar-refractivity contribution in [3.8, 4) is 17.2 Å². The lowest BCUT2D eigenvalue weighted by Gasteiger charge is -2.22. The maximum absolute atomic E-state index is 5.85. The second kappa shape index (κ2) is 9.09. The molecule has 1 heterocycles. The zero-order valence-corrected chi connectivity index (χ0v) is 15.5. The maximum Gasteiger partial charge on any atom is 0.127 e. The Balaban J connectivity index is 0.00000225. The molecule has 1 aliphatic heterocycles. The molecule has 2 N–H and O–H groups in total. The molecule has 25 heavy (non-hydrogen) atoms. The average Bonchev–Trinajstić information content (AvgIpc) is 2.99. The van der Waals surface area contributed by atoms with Crippen LogP contribution < -0.4 is 15.2 Å². The average molecular weight is 363 g/mol. The highest BCUT2D eigenvalue weighted by molar-refractivity contribution is 5.85. The minimum absolute atomic E-state index is 0. The highest BCUT2D eigenvalue weighted by Gasteiger charge is 2.31. The molecule has 0 aromatic heterocycles. The molecule has 5 heteroatoms. The van der Waals surface area contributed by atoms with Crippen LogP contribution >= 0.6 is 12.4 Å². The van der Waals surface area contributed by atoms with Crippen molar-refractivity contribution in [2.75, 3.05) is 32.8 Å². The SMILES string of the molecule is CC1(CN)CCN(CCOc2ccc(Oc3ccccc3)cc2)C1.Cl. The molecule has 0 amide bonds. The second-order valence-electron chi connectivity index (χ2n) is 6.78. The van der Waals surface area contributed by atoms with Gasteiger partial charge < -0.3 is 15.2 Å². The van der Waals surface area contributed by atoms with E-state index in [0.29, 0.717) is 6.61 Å². The normalized spacial score (nSPS) is 20.1. The summed E-state index contributed by atoms with van der Waals surface area (Å²) in [5.74, 6) is 2.52. The van der Waals surface area contributed by atoms with E-state index in [1.54, 1.807) is 0 Å². The van der Waals surface area contributed by atoms with Crippen molar-refractivity contribution in [3.63, 3.8) is 0 Å². The highest BCUT2D eigenvalue weighted by atomic mass is 35.5. The van der Waals surface area contributed by atoms with E-state index in [1.807, 2.05) is 54.6 Å². The number of para-hydroxylation sites is 1. The molecular formula is C20H27ClN2O2. The van der Waals surface area contributed by atoms with Gasteiger partial charge in [0.2, 0.25) is 0 Å². The van der Waals surface area contributed by atoms with Crippen LogP contribution in [0.15, 0.2) is 54.6 Å². The molecule has 0 radical (unpaired) electrons. The topological polar surface area (TPSA) is 47.7 Å². The molecule has 1 aliphatic rings. The van der Waals surface area contributed by atoms with E-state index in [1.165, 1.54) is 6.42 Å². The van der Waals surface area contributed by atoms with Gasteiger partial charge in [-0.05, 0) is 61.3 Å². The van der Waals surface area contributed by atoms with Gasteiger partial charge >= 0.3 is 0 Å². The minimum Gasteiger partial charge on any atom is -0.492 e. The quantitative estimate of drug-likeness (QED) is 0.810. The van der Waals surface area contributed by atoms with Crippen LogP contribution in [0.25, 0.3) is 0 Å². The van der Waals surface area contributed by atoms with Crippen LogP contribution in [-0.2, 0) is 0 Å². The fraction of sp³-hybridized carbons (Fsp3) is 0.400. The van der Waals surface area contributed by atoms with Crippen LogP contribution in [-0.4, -0.2) is 37.7 Å². The number of rotatable bonds is 7. The van der Waals surface area contributed by atoms with Gasteiger partial charge in [0.15, 0.2) is 0 Å². The number of nitrogens with zero attached hydrogens (tertiary/aromatic N) is 1. The van der Waals surface area contributed by atoms with Gasteiger partial charge in [-0.2, -0.15) is 0 Å². The number of benzene rings is 2. The number of hydrogen-bond donors (Lipinski definition) is 1. The van der Waals surface area contributed by atoms with Crippen LogP contribution in [0.5, 0.6) is 17.2 Å². The Labute approximate surface area is 156 Å². The summed E-state index contributed by atoms with van der Waals surface area (Å²) in [4.78, 5) is 2.43. The first-order chi connectivity index (χ1) is 11.7. The highest BCUT2D eigenvalue weighted by Crippen LogP contribution is 2.28. The van der Waals surface area contributed by atoms with Crippen molar-refractivity contribution in [2.24, 2.45) is 11.1 Å². The Morgan fingerprint density at radius 3 is 2.28 bits per heavy atom. The summed E-state index contributed by atoms with van der Waals surface area (Å²) in [5.41, 5.74) is 6.12. The summed E-state index contributed by atoms with van der Waals surface area (Å²) >= 11 is 0. The van der Waals surface area contributed by atoms with E-state index in [4.69, 9.17) is 15.2 Å². The van der Waals surface area contributed by atoms with Gasteiger partial charge in [-0.3, -0.25) is 4.90 Å². The van der Waals surface area contributed by atoms with E-state index in [9.17, 15) is 0 Å². The molecule has 0 bridgehead atoms. The van der Waals surface area contributed by atoms with Gasteiger partial charge in [-0.1, -0.05) is 25.1 Å². The number of ether oxygens (including phenoxy) is 2. The van der Waals surface area contributed by atoms with Crippen LogP contribution in [0.4, 0.5) is 0 Å². The standard InChI is InChI=1S/C20H26N2O2.ClH/c1-20(15-21)11-12-22(16-20)13-14-23-17-7-9-19(10-8-17)24-18-5-3-2-4-6-18;/h2-10H,11-16,21H2,1H3;1H. The molecule has 136 valence electrons. The van der Waals surface area contributed by atoms with Crippen molar-refractivity contribution < 1.29 is 9.47 Å². The van der Waals surface area contributed by atoms with Crippen molar-refractivity contribution in [1.29, 1.82) is 0 Å². The van der Waals surface area contributed by atoms with Crippen molar-refractivity contribution in [1.82, 2.24) is 4.90 Å². The van der Waals surface area contributed by atoms with Crippen molar-refractivity contribution in [2.45, 2.75) is 13.3 Å². The van der Waals surface area contributed by atoms with Crippen LogP contribution in [0, 0.1) is 5.41 Å².